The van der Waals surface area contributed by atoms with Crippen LogP contribution in [-0.4, -0.2) is 27.9 Å². The Kier molecular flexibility index (Phi) is 8.26. The Morgan fingerprint density at radius 1 is 1.27 bits per heavy atom. The second kappa shape index (κ2) is 10.7. The van der Waals surface area contributed by atoms with Crippen molar-refractivity contribution in [2.45, 2.75) is 64.8 Å². The van der Waals surface area contributed by atoms with Crippen LogP contribution in [0.15, 0.2) is 42.5 Å². The third kappa shape index (κ3) is 6.02. The van der Waals surface area contributed by atoms with Gasteiger partial charge in [-0.1, -0.05) is 56.3 Å². The largest absolute Gasteiger partial charge is 0.481 e. The molecule has 5 atom stereocenters. The van der Waals surface area contributed by atoms with Gasteiger partial charge in [-0.2, -0.15) is 0 Å². The standard InChI is InChI=1S/C24H35NO4S/c1-24(2)19-16-21(24)20(12-8-3-4-9-13-23(26)27)22(17-19)25-30(28)29-15-14-18-10-6-5-7-11-18/h3,5-8,10-11,19-22,25H,4,9,12-17H2,1-2H3,(H,26,27)/t19-,20+,21+,22?,30?/m1/s1. The molecule has 0 heterocycles. The molecule has 0 aliphatic heterocycles. The topological polar surface area (TPSA) is 75.6 Å². The van der Waals surface area contributed by atoms with Gasteiger partial charge in [0.1, 0.15) is 0 Å². The van der Waals surface area contributed by atoms with Gasteiger partial charge in [0, 0.05) is 12.5 Å². The van der Waals surface area contributed by atoms with Crippen LogP contribution in [0.4, 0.5) is 0 Å². The Morgan fingerprint density at radius 2 is 2.03 bits per heavy atom. The molecule has 3 aliphatic rings. The number of unbranched alkanes of at least 4 members (excludes halogenated alkanes) is 1. The molecule has 1 aromatic carbocycles. The van der Waals surface area contributed by atoms with E-state index in [2.05, 4.69) is 42.9 Å². The maximum atomic E-state index is 12.5. The van der Waals surface area contributed by atoms with E-state index in [0.717, 1.165) is 25.7 Å². The van der Waals surface area contributed by atoms with E-state index in [1.54, 1.807) is 0 Å². The van der Waals surface area contributed by atoms with E-state index in [0.29, 0.717) is 36.2 Å². The van der Waals surface area contributed by atoms with Crippen molar-refractivity contribution in [1.29, 1.82) is 0 Å². The van der Waals surface area contributed by atoms with Crippen LogP contribution in [0.2, 0.25) is 0 Å². The first kappa shape index (κ1) is 23.2. The summed E-state index contributed by atoms with van der Waals surface area (Å²) in [6, 6.07) is 10.3. The van der Waals surface area contributed by atoms with Crippen molar-refractivity contribution in [3.8, 4) is 0 Å². The van der Waals surface area contributed by atoms with Crippen molar-refractivity contribution >= 4 is 17.2 Å². The summed E-state index contributed by atoms with van der Waals surface area (Å²) in [5, 5.41) is 8.74. The van der Waals surface area contributed by atoms with Gasteiger partial charge in [-0.05, 0) is 67.3 Å². The number of carbonyl (C=O) groups is 1. The quantitative estimate of drug-likeness (QED) is 0.371. The van der Waals surface area contributed by atoms with Crippen LogP contribution < -0.4 is 4.72 Å². The highest BCUT2D eigenvalue weighted by atomic mass is 32.2. The molecule has 6 heteroatoms. The Labute approximate surface area is 183 Å². The van der Waals surface area contributed by atoms with Gasteiger partial charge in [0.05, 0.1) is 6.61 Å². The molecular weight excluding hydrogens is 398 g/mol. The third-order valence-corrected chi connectivity index (χ3v) is 8.00. The maximum absolute atomic E-state index is 12.5. The molecule has 2 bridgehead atoms. The molecule has 5 nitrogen and oxygen atoms in total. The molecule has 0 radical (unpaired) electrons. The number of carboxylic acid groups (broad SMARTS) is 1. The zero-order chi connectivity index (χ0) is 21.6. The third-order valence-electron chi connectivity index (χ3n) is 7.13. The van der Waals surface area contributed by atoms with E-state index in [9.17, 15) is 9.00 Å². The van der Waals surface area contributed by atoms with Gasteiger partial charge < -0.3 is 5.11 Å². The fourth-order valence-electron chi connectivity index (χ4n) is 5.19. The molecule has 3 saturated carbocycles. The molecule has 1 aromatic rings. The van der Waals surface area contributed by atoms with Crippen molar-refractivity contribution in [2.75, 3.05) is 6.61 Å². The first-order valence-corrected chi connectivity index (χ1v) is 12.2. The number of allylic oxidation sites excluding steroid dienone is 2. The van der Waals surface area contributed by atoms with Crippen molar-refractivity contribution in [3.05, 3.63) is 48.0 Å². The lowest BCUT2D eigenvalue weighted by Gasteiger charge is -2.62. The fourth-order valence-corrected chi connectivity index (χ4v) is 6.01. The Hall–Kier alpha value is -1.50. The highest BCUT2D eigenvalue weighted by molar-refractivity contribution is 7.78. The van der Waals surface area contributed by atoms with Gasteiger partial charge in [-0.25, -0.2) is 8.93 Å². The molecule has 2 unspecified atom stereocenters. The summed E-state index contributed by atoms with van der Waals surface area (Å²) in [7, 11) is 0. The molecule has 0 saturated heterocycles. The number of hydrogen-bond acceptors (Lipinski definition) is 3. The summed E-state index contributed by atoms with van der Waals surface area (Å²) in [5.74, 6) is 0.996. The monoisotopic (exact) mass is 433 g/mol. The van der Waals surface area contributed by atoms with Crippen molar-refractivity contribution in [3.63, 3.8) is 0 Å². The molecule has 0 aromatic heterocycles. The van der Waals surface area contributed by atoms with Crippen molar-refractivity contribution in [1.82, 2.24) is 4.72 Å². The number of carboxylic acids is 1. The van der Waals surface area contributed by atoms with Crippen LogP contribution in [0.25, 0.3) is 0 Å². The van der Waals surface area contributed by atoms with E-state index in [-0.39, 0.29) is 12.5 Å². The highest BCUT2D eigenvalue weighted by Crippen LogP contribution is 2.62. The Balaban J connectivity index is 1.48. The number of aliphatic carboxylic acids is 1. The number of hydrogen-bond donors (Lipinski definition) is 2. The highest BCUT2D eigenvalue weighted by Gasteiger charge is 2.57. The molecule has 30 heavy (non-hydrogen) atoms. The molecule has 0 spiro atoms. The predicted molar refractivity (Wildman–Crippen MR) is 120 cm³/mol. The SMILES string of the molecule is CC1(C)[C@H]2CC(NS(=O)OCCc3ccccc3)[C@@H](CC=CCCCC(=O)O)[C@@H]1C2. The minimum Gasteiger partial charge on any atom is -0.481 e. The first-order chi connectivity index (χ1) is 14.4. The van der Waals surface area contributed by atoms with Crippen LogP contribution in [-0.2, 0) is 26.7 Å². The molecule has 3 aliphatic carbocycles. The summed E-state index contributed by atoms with van der Waals surface area (Å²) >= 11 is -1.49. The number of fused-ring (bicyclic) bond motifs is 2. The first-order valence-electron chi connectivity index (χ1n) is 11.1. The zero-order valence-electron chi connectivity index (χ0n) is 18.1. The molecule has 3 fully saturated rings. The van der Waals surface area contributed by atoms with E-state index in [1.165, 1.54) is 12.0 Å². The Morgan fingerprint density at radius 3 is 2.73 bits per heavy atom. The lowest BCUT2D eigenvalue weighted by Crippen LogP contribution is -2.60. The lowest BCUT2D eigenvalue weighted by molar-refractivity contribution is -0.137. The number of benzene rings is 1. The number of nitrogens with one attached hydrogen (secondary N) is 1. The summed E-state index contributed by atoms with van der Waals surface area (Å²) in [4.78, 5) is 10.6. The minimum absolute atomic E-state index is 0.197. The zero-order valence-corrected chi connectivity index (χ0v) is 18.9. The van der Waals surface area contributed by atoms with E-state index < -0.39 is 17.2 Å². The normalized spacial score (nSPS) is 28.2. The molecule has 166 valence electrons. The fraction of sp³-hybridized carbons (Fsp3) is 0.625. The Bertz CT molecular complexity index is 749. The van der Waals surface area contributed by atoms with E-state index >= 15 is 0 Å². The van der Waals surface area contributed by atoms with Crippen LogP contribution in [0.3, 0.4) is 0 Å². The second-order valence-corrected chi connectivity index (χ2v) is 10.2. The van der Waals surface area contributed by atoms with Gasteiger partial charge in [0.2, 0.25) is 11.3 Å². The van der Waals surface area contributed by atoms with Crippen LogP contribution in [0, 0.1) is 23.2 Å². The van der Waals surface area contributed by atoms with Crippen molar-refractivity contribution < 1.29 is 18.3 Å². The van der Waals surface area contributed by atoms with Gasteiger partial charge >= 0.3 is 5.97 Å². The molecule has 4 rings (SSSR count). The summed E-state index contributed by atoms with van der Waals surface area (Å²) < 4.78 is 21.3. The van der Waals surface area contributed by atoms with Crippen molar-refractivity contribution in [2.24, 2.45) is 23.2 Å². The van der Waals surface area contributed by atoms with Gasteiger partial charge in [0.15, 0.2) is 0 Å². The summed E-state index contributed by atoms with van der Waals surface area (Å²) in [6.45, 7) is 5.15. The minimum atomic E-state index is -1.49. The molecule has 0 amide bonds. The van der Waals surface area contributed by atoms with Gasteiger partial charge in [-0.15, -0.1) is 0 Å². The predicted octanol–water partition coefficient (Wildman–Crippen LogP) is 4.67. The van der Waals surface area contributed by atoms with Crippen LogP contribution in [0.5, 0.6) is 0 Å². The summed E-state index contributed by atoms with van der Waals surface area (Å²) in [5.41, 5.74) is 1.52. The summed E-state index contributed by atoms with van der Waals surface area (Å²) in [6.07, 6.45) is 9.96. The van der Waals surface area contributed by atoms with E-state index in [4.69, 9.17) is 9.29 Å². The average molecular weight is 434 g/mol. The molecule has 2 N–H and O–H groups in total. The van der Waals surface area contributed by atoms with Crippen LogP contribution >= 0.6 is 0 Å². The maximum Gasteiger partial charge on any atom is 0.303 e. The lowest BCUT2D eigenvalue weighted by atomic mass is 9.44. The van der Waals surface area contributed by atoms with Gasteiger partial charge in [0.25, 0.3) is 0 Å². The average Bonchev–Trinajstić information content (AvgIpc) is 2.71. The second-order valence-electron chi connectivity index (χ2n) is 9.27. The molecular formula is C24H35NO4S. The number of rotatable bonds is 12. The van der Waals surface area contributed by atoms with Gasteiger partial charge in [-0.3, -0.25) is 8.98 Å². The van der Waals surface area contributed by atoms with E-state index in [1.807, 2.05) is 18.2 Å². The smallest absolute Gasteiger partial charge is 0.303 e. The van der Waals surface area contributed by atoms with Crippen LogP contribution in [0.1, 0.15) is 57.9 Å².